The number of amides is 1. The van der Waals surface area contributed by atoms with E-state index in [0.717, 1.165) is 22.9 Å². The fraction of sp³-hybridized carbons (Fsp3) is 0. The van der Waals surface area contributed by atoms with Gasteiger partial charge < -0.3 is 15.8 Å². The van der Waals surface area contributed by atoms with Crippen LogP contribution in [0, 0.1) is 23.5 Å². The molecule has 9 nitrogen and oxygen atoms in total. The number of halogens is 2. The molecule has 36 heavy (non-hydrogen) atoms. The summed E-state index contributed by atoms with van der Waals surface area (Å²) in [6.07, 6.45) is 2.94. The number of benzene rings is 2. The number of pyridine rings is 1. The van der Waals surface area contributed by atoms with Crippen molar-refractivity contribution < 1.29 is 23.1 Å². The minimum Gasteiger partial charge on any atom is -0.453 e. The lowest BCUT2D eigenvalue weighted by atomic mass is 10.2. The number of hydrogen-bond acceptors (Lipinski definition) is 7. The zero-order chi connectivity index (χ0) is 25.7. The second-order valence-electron chi connectivity index (χ2n) is 7.10. The second-order valence-corrected chi connectivity index (χ2v) is 7.10. The molecule has 2 aromatic heterocycles. The van der Waals surface area contributed by atoms with Crippen molar-refractivity contribution >= 4 is 23.7 Å². The highest BCUT2D eigenvalue weighted by molar-refractivity contribution is 6.04. The Balaban J connectivity index is 1.56. The molecule has 2 aromatic carbocycles. The third kappa shape index (κ3) is 5.07. The summed E-state index contributed by atoms with van der Waals surface area (Å²) in [5.41, 5.74) is 5.16. The van der Waals surface area contributed by atoms with Gasteiger partial charge in [0.25, 0.3) is 11.5 Å². The minimum absolute atomic E-state index is 0.00483. The number of hydrogen-bond donors (Lipinski definition) is 2. The molecule has 0 aliphatic heterocycles. The summed E-state index contributed by atoms with van der Waals surface area (Å²) < 4.78 is 34.4. The Bertz CT molecular complexity index is 1590. The van der Waals surface area contributed by atoms with Gasteiger partial charge >= 0.3 is 0 Å². The molecule has 4 rings (SSSR count). The van der Waals surface area contributed by atoms with Gasteiger partial charge in [0.2, 0.25) is 0 Å². The number of aromatic nitrogens is 3. The van der Waals surface area contributed by atoms with Gasteiger partial charge in [0.05, 0.1) is 5.69 Å². The van der Waals surface area contributed by atoms with Gasteiger partial charge in [-0.3, -0.25) is 14.4 Å². The van der Waals surface area contributed by atoms with E-state index in [1.54, 1.807) is 0 Å². The predicted octanol–water partition coefficient (Wildman–Crippen LogP) is 3.08. The lowest BCUT2D eigenvalue weighted by Gasteiger charge is -2.11. The summed E-state index contributed by atoms with van der Waals surface area (Å²) in [6, 6.07) is 11.2. The summed E-state index contributed by atoms with van der Waals surface area (Å²) in [6.45, 7) is 0. The van der Waals surface area contributed by atoms with E-state index in [1.165, 1.54) is 48.8 Å². The maximum absolute atomic E-state index is 14.7. The lowest BCUT2D eigenvalue weighted by Crippen LogP contribution is -2.29. The van der Waals surface area contributed by atoms with Crippen molar-refractivity contribution in [2.45, 2.75) is 0 Å². The van der Waals surface area contributed by atoms with Crippen LogP contribution >= 0.6 is 0 Å². The fourth-order valence-corrected chi connectivity index (χ4v) is 3.10. The molecule has 3 N–H and O–H groups in total. The van der Waals surface area contributed by atoms with Crippen LogP contribution in [0.3, 0.4) is 0 Å². The molecule has 0 aliphatic rings. The molecule has 0 fully saturated rings. The predicted molar refractivity (Wildman–Crippen MR) is 126 cm³/mol. The molecule has 0 unspecified atom stereocenters. The number of anilines is 2. The zero-order valence-electron chi connectivity index (χ0n) is 18.2. The average molecular weight is 487 g/mol. The van der Waals surface area contributed by atoms with Gasteiger partial charge in [-0.1, -0.05) is 5.92 Å². The van der Waals surface area contributed by atoms with Gasteiger partial charge in [-0.05, 0) is 48.4 Å². The molecule has 4 aromatic rings. The van der Waals surface area contributed by atoms with Crippen molar-refractivity contribution in [3.63, 3.8) is 0 Å². The van der Waals surface area contributed by atoms with Gasteiger partial charge in [-0.2, -0.15) is 9.78 Å². The smallest absolute Gasteiger partial charge is 0.284 e. The summed E-state index contributed by atoms with van der Waals surface area (Å²) in [5, 5.41) is 6.35. The standard InChI is InChI=1S/C25H15F2N5O4/c26-15-3-6-17(7-4-15)32-25(35)19(9-12-30-32)24(34)31-16-5-8-22(20(27)14-16)36-21-10-11-29-23(28)18(21)2-1-13-33/h3-14H,(H2,28,29)(H,31,34). The van der Waals surface area contributed by atoms with Crippen molar-refractivity contribution in [1.82, 2.24) is 14.8 Å². The van der Waals surface area contributed by atoms with Gasteiger partial charge in [-0.25, -0.2) is 13.8 Å². The van der Waals surface area contributed by atoms with E-state index < -0.39 is 23.1 Å². The number of carbonyl (C=O) groups is 2. The Morgan fingerprint density at radius 3 is 2.56 bits per heavy atom. The van der Waals surface area contributed by atoms with Gasteiger partial charge in [0.15, 0.2) is 17.9 Å². The van der Waals surface area contributed by atoms with Crippen LogP contribution in [0.5, 0.6) is 11.5 Å². The average Bonchev–Trinajstić information content (AvgIpc) is 2.86. The van der Waals surface area contributed by atoms with E-state index in [-0.39, 0.29) is 39.8 Å². The van der Waals surface area contributed by atoms with E-state index in [9.17, 15) is 23.2 Å². The van der Waals surface area contributed by atoms with Crippen LogP contribution in [-0.2, 0) is 4.79 Å². The zero-order valence-corrected chi connectivity index (χ0v) is 18.2. The molecule has 178 valence electrons. The van der Waals surface area contributed by atoms with E-state index in [2.05, 4.69) is 27.2 Å². The van der Waals surface area contributed by atoms with Gasteiger partial charge in [0, 0.05) is 30.2 Å². The van der Waals surface area contributed by atoms with E-state index in [1.807, 2.05) is 0 Å². The molecule has 0 radical (unpaired) electrons. The first-order valence-corrected chi connectivity index (χ1v) is 10.2. The largest absolute Gasteiger partial charge is 0.453 e. The molecule has 2 heterocycles. The number of aldehydes is 1. The highest BCUT2D eigenvalue weighted by Gasteiger charge is 2.16. The molecule has 11 heteroatoms. The molecule has 1 amide bonds. The summed E-state index contributed by atoms with van der Waals surface area (Å²) >= 11 is 0. The van der Waals surface area contributed by atoms with Crippen LogP contribution < -0.4 is 21.3 Å². The Labute approximate surface area is 202 Å². The van der Waals surface area contributed by atoms with Crippen LogP contribution in [-0.4, -0.2) is 27.0 Å². The van der Waals surface area contributed by atoms with Crippen LogP contribution in [0.15, 0.2) is 71.8 Å². The first-order chi connectivity index (χ1) is 17.4. The molecular formula is C25H15F2N5O4. The number of nitrogens with two attached hydrogens (primary N) is 1. The number of nitrogen functional groups attached to an aromatic ring is 1. The molecule has 0 spiro atoms. The maximum Gasteiger partial charge on any atom is 0.284 e. The van der Waals surface area contributed by atoms with Crippen molar-refractivity contribution in [2.75, 3.05) is 11.1 Å². The second kappa shape index (κ2) is 10.3. The number of carbonyl (C=O) groups excluding carboxylic acids is 2. The van der Waals surface area contributed by atoms with Crippen molar-refractivity contribution in [3.8, 4) is 29.0 Å². The Hall–Kier alpha value is -5.37. The molecule has 0 atom stereocenters. The highest BCUT2D eigenvalue weighted by atomic mass is 19.1. The van der Waals surface area contributed by atoms with Crippen molar-refractivity contribution in [2.24, 2.45) is 0 Å². The Kier molecular flexibility index (Phi) is 6.78. The van der Waals surface area contributed by atoms with Crippen LogP contribution in [0.25, 0.3) is 5.69 Å². The molecular weight excluding hydrogens is 472 g/mol. The molecule has 0 bridgehead atoms. The van der Waals surface area contributed by atoms with Crippen molar-refractivity contribution in [1.29, 1.82) is 0 Å². The quantitative estimate of drug-likeness (QED) is 0.327. The molecule has 0 saturated carbocycles. The molecule has 0 saturated heterocycles. The Morgan fingerprint density at radius 2 is 1.83 bits per heavy atom. The lowest BCUT2D eigenvalue weighted by molar-refractivity contribution is -0.103. The first kappa shape index (κ1) is 23.8. The molecule has 0 aliphatic carbocycles. The first-order valence-electron chi connectivity index (χ1n) is 10.2. The van der Waals surface area contributed by atoms with Gasteiger partial charge in [0.1, 0.15) is 28.5 Å². The number of rotatable bonds is 5. The topological polar surface area (TPSA) is 129 Å². The van der Waals surface area contributed by atoms with E-state index in [0.29, 0.717) is 6.29 Å². The third-order valence-corrected chi connectivity index (χ3v) is 4.77. The number of nitrogens with zero attached hydrogens (tertiary/aromatic N) is 3. The maximum atomic E-state index is 14.7. The Morgan fingerprint density at radius 1 is 1.06 bits per heavy atom. The summed E-state index contributed by atoms with van der Waals surface area (Å²) in [4.78, 5) is 39.9. The van der Waals surface area contributed by atoms with Crippen molar-refractivity contribution in [3.05, 3.63) is 100 Å². The van der Waals surface area contributed by atoms with Crippen LogP contribution in [0.2, 0.25) is 0 Å². The monoisotopic (exact) mass is 487 g/mol. The number of nitrogens with one attached hydrogen (secondary N) is 1. The van der Waals surface area contributed by atoms with Gasteiger partial charge in [-0.15, -0.1) is 0 Å². The highest BCUT2D eigenvalue weighted by Crippen LogP contribution is 2.30. The van der Waals surface area contributed by atoms with Crippen LogP contribution in [0.4, 0.5) is 20.3 Å². The van der Waals surface area contributed by atoms with E-state index in [4.69, 9.17) is 10.5 Å². The summed E-state index contributed by atoms with van der Waals surface area (Å²) in [7, 11) is 0. The normalized spacial score (nSPS) is 10.2. The fourth-order valence-electron chi connectivity index (χ4n) is 3.10. The third-order valence-electron chi connectivity index (χ3n) is 4.77. The minimum atomic E-state index is -0.837. The SMILES string of the molecule is Nc1nccc(Oc2ccc(NC(=O)c3ccnn(-c4ccc(F)cc4)c3=O)cc2F)c1C#CC=O. The number of ether oxygens (including phenoxy) is 1. The summed E-state index contributed by atoms with van der Waals surface area (Å²) in [5.74, 6) is 2.40. The van der Waals surface area contributed by atoms with E-state index >= 15 is 0 Å². The van der Waals surface area contributed by atoms with Crippen LogP contribution in [0.1, 0.15) is 15.9 Å².